The highest BCUT2D eigenvalue weighted by Gasteiger charge is 2.09. The molecule has 0 aliphatic heterocycles. The Hall–Kier alpha value is -1.78. The Bertz CT molecular complexity index is 390. The number of hydrogen-bond donors (Lipinski definition) is 1. The molecule has 1 N–H and O–H groups in total. The van der Waals surface area contributed by atoms with Gasteiger partial charge in [-0.2, -0.15) is 4.39 Å². The molecule has 0 fully saturated rings. The number of amides is 1. The molecule has 5 heteroatoms. The van der Waals surface area contributed by atoms with Crippen LogP contribution in [0.2, 0.25) is 0 Å². The molecule has 0 atom stereocenters. The number of carbonyl (C=O) groups is 2. The van der Waals surface area contributed by atoms with Crippen LogP contribution in [-0.2, 0) is 4.79 Å². The van der Waals surface area contributed by atoms with Crippen molar-refractivity contribution in [1.82, 2.24) is 4.98 Å². The van der Waals surface area contributed by atoms with Crippen LogP contribution in [0.4, 0.5) is 10.2 Å². The Balaban J connectivity index is 3.00. The fourth-order valence-corrected chi connectivity index (χ4v) is 0.892. The fraction of sp³-hybridized carbons (Fsp3) is 0.111. The van der Waals surface area contributed by atoms with Crippen LogP contribution in [0, 0.1) is 12.9 Å². The predicted molar refractivity (Wildman–Crippen MR) is 48.2 cm³/mol. The van der Waals surface area contributed by atoms with Crippen LogP contribution in [0.15, 0.2) is 12.1 Å². The maximum absolute atomic E-state index is 13.0. The van der Waals surface area contributed by atoms with Crippen LogP contribution in [0.25, 0.3) is 0 Å². The van der Waals surface area contributed by atoms with Gasteiger partial charge < -0.3 is 5.32 Å². The lowest BCUT2D eigenvalue weighted by molar-refractivity contribution is -0.114. The summed E-state index contributed by atoms with van der Waals surface area (Å²) in [5.74, 6) is -1.87. The molecule has 0 unspecified atom stereocenters. The molecule has 0 spiro atoms. The van der Waals surface area contributed by atoms with Crippen molar-refractivity contribution in [3.05, 3.63) is 30.6 Å². The highest BCUT2D eigenvalue weighted by Crippen LogP contribution is 2.10. The molecule has 0 saturated heterocycles. The van der Waals surface area contributed by atoms with Gasteiger partial charge in [0.05, 0.1) is 5.56 Å². The van der Waals surface area contributed by atoms with Crippen molar-refractivity contribution < 1.29 is 14.0 Å². The number of rotatable bonds is 2. The van der Waals surface area contributed by atoms with Crippen LogP contribution in [0.1, 0.15) is 17.3 Å². The summed E-state index contributed by atoms with van der Waals surface area (Å²) < 4.78 is 13.0. The van der Waals surface area contributed by atoms with Gasteiger partial charge in [0.15, 0.2) is 5.78 Å². The number of hydrogen-bond acceptors (Lipinski definition) is 3. The minimum absolute atomic E-state index is 0.0694. The highest BCUT2D eigenvalue weighted by atomic mass is 19.1. The maximum Gasteiger partial charge on any atom is 0.225 e. The number of carbonyl (C=O) groups excluding carboxylic acids is 2. The van der Waals surface area contributed by atoms with E-state index in [4.69, 9.17) is 0 Å². The van der Waals surface area contributed by atoms with E-state index in [0.717, 1.165) is 0 Å². The van der Waals surface area contributed by atoms with Gasteiger partial charge in [0.1, 0.15) is 5.82 Å². The Morgan fingerprint density at radius 2 is 2.14 bits per heavy atom. The van der Waals surface area contributed by atoms with Crippen molar-refractivity contribution in [3.63, 3.8) is 0 Å². The van der Waals surface area contributed by atoms with Crippen LogP contribution in [0.3, 0.4) is 0 Å². The molecule has 1 rings (SSSR count). The molecule has 1 heterocycles. The number of nitrogens with one attached hydrogen (secondary N) is 1. The molecule has 73 valence electrons. The van der Waals surface area contributed by atoms with Crippen LogP contribution in [0.5, 0.6) is 0 Å². The summed E-state index contributed by atoms with van der Waals surface area (Å²) in [6, 6.07) is 2.56. The molecule has 0 aromatic carbocycles. The number of Topliss-reactive ketones (excluding diaryl/α,β-unsaturated/α-hetero) is 1. The Labute approximate surface area is 80.1 Å². The highest BCUT2D eigenvalue weighted by molar-refractivity contribution is 5.99. The predicted octanol–water partition coefficient (Wildman–Crippen LogP) is 1.20. The van der Waals surface area contributed by atoms with Gasteiger partial charge in [-0.3, -0.25) is 9.59 Å². The number of aromatic nitrogens is 1. The van der Waals surface area contributed by atoms with Gasteiger partial charge in [0.2, 0.25) is 11.9 Å². The molecule has 1 amide bonds. The number of nitrogens with zero attached hydrogens (tertiary/aromatic N) is 1. The minimum atomic E-state index is -0.934. The van der Waals surface area contributed by atoms with Gasteiger partial charge >= 0.3 is 0 Å². The number of pyridine rings is 1. The van der Waals surface area contributed by atoms with Gasteiger partial charge in [0.25, 0.3) is 0 Å². The molecule has 0 saturated carbocycles. The molecular weight excluding hydrogens is 187 g/mol. The lowest BCUT2D eigenvalue weighted by atomic mass is 10.2. The zero-order valence-corrected chi connectivity index (χ0v) is 7.50. The first-order valence-corrected chi connectivity index (χ1v) is 3.81. The second-order valence-corrected chi connectivity index (χ2v) is 2.64. The van der Waals surface area contributed by atoms with E-state index in [1.165, 1.54) is 19.1 Å². The monoisotopic (exact) mass is 195 g/mol. The Morgan fingerprint density at radius 1 is 1.50 bits per heavy atom. The lowest BCUT2D eigenvalue weighted by Crippen LogP contribution is -2.09. The molecule has 4 nitrogen and oxygen atoms in total. The number of ketones is 1. The third-order valence-corrected chi connectivity index (χ3v) is 1.45. The molecule has 1 aromatic heterocycles. The van der Waals surface area contributed by atoms with E-state index in [9.17, 15) is 14.0 Å². The quantitative estimate of drug-likeness (QED) is 0.569. The zero-order chi connectivity index (χ0) is 10.7. The van der Waals surface area contributed by atoms with Gasteiger partial charge in [0, 0.05) is 13.8 Å². The van der Waals surface area contributed by atoms with Gasteiger partial charge in [-0.05, 0) is 12.1 Å². The van der Waals surface area contributed by atoms with E-state index in [0.29, 0.717) is 0 Å². The number of halogens is 1. The fourth-order valence-electron chi connectivity index (χ4n) is 0.892. The lowest BCUT2D eigenvalue weighted by Gasteiger charge is -2.02. The molecule has 14 heavy (non-hydrogen) atoms. The first kappa shape index (κ1) is 10.3. The van der Waals surface area contributed by atoms with E-state index >= 15 is 0 Å². The topological polar surface area (TPSA) is 59.1 Å². The average molecular weight is 195 g/mol. The summed E-state index contributed by atoms with van der Waals surface area (Å²) in [6.07, 6.45) is 0. The van der Waals surface area contributed by atoms with Crippen LogP contribution >= 0.6 is 0 Å². The zero-order valence-electron chi connectivity index (χ0n) is 7.50. The van der Waals surface area contributed by atoms with E-state index in [-0.39, 0.29) is 17.3 Å². The Kier molecular flexibility index (Phi) is 2.91. The summed E-state index contributed by atoms with van der Waals surface area (Å²) in [4.78, 5) is 24.7. The number of anilines is 1. The second kappa shape index (κ2) is 3.95. The van der Waals surface area contributed by atoms with Crippen molar-refractivity contribution in [3.8, 4) is 0 Å². The average Bonchev–Trinajstić information content (AvgIpc) is 2.01. The van der Waals surface area contributed by atoms with Gasteiger partial charge in [-0.25, -0.2) is 4.98 Å². The van der Waals surface area contributed by atoms with E-state index in [1.54, 1.807) is 0 Å². The first-order valence-electron chi connectivity index (χ1n) is 3.81. The molecule has 0 bridgehead atoms. The van der Waals surface area contributed by atoms with Crippen molar-refractivity contribution in [2.75, 3.05) is 5.32 Å². The van der Waals surface area contributed by atoms with Crippen molar-refractivity contribution >= 4 is 17.5 Å². The summed E-state index contributed by atoms with van der Waals surface area (Å²) in [7, 11) is 0. The van der Waals surface area contributed by atoms with Crippen LogP contribution in [-0.4, -0.2) is 16.7 Å². The summed E-state index contributed by atoms with van der Waals surface area (Å²) in [5.41, 5.74) is -0.195. The summed E-state index contributed by atoms with van der Waals surface area (Å²) in [5, 5.41) is 2.29. The van der Waals surface area contributed by atoms with Gasteiger partial charge in [-0.1, -0.05) is 0 Å². The van der Waals surface area contributed by atoms with Crippen molar-refractivity contribution in [2.45, 2.75) is 6.92 Å². The molecular formula is C9H8FN2O2. The minimum Gasteiger partial charge on any atom is -0.311 e. The summed E-state index contributed by atoms with van der Waals surface area (Å²) >= 11 is 0. The largest absolute Gasteiger partial charge is 0.311 e. The summed E-state index contributed by atoms with van der Waals surface area (Å²) in [6.45, 7) is 4.33. The third kappa shape index (κ3) is 2.35. The van der Waals surface area contributed by atoms with Crippen molar-refractivity contribution in [2.24, 2.45) is 0 Å². The molecule has 1 radical (unpaired) electrons. The van der Waals surface area contributed by atoms with E-state index < -0.39 is 11.7 Å². The normalized spacial score (nSPS) is 9.64. The van der Waals surface area contributed by atoms with Crippen LogP contribution < -0.4 is 5.32 Å². The second-order valence-electron chi connectivity index (χ2n) is 2.64. The van der Waals surface area contributed by atoms with Crippen molar-refractivity contribution in [1.29, 1.82) is 0 Å². The smallest absolute Gasteiger partial charge is 0.225 e. The maximum atomic E-state index is 13.0. The van der Waals surface area contributed by atoms with E-state index in [2.05, 4.69) is 17.2 Å². The third-order valence-electron chi connectivity index (χ3n) is 1.45. The standard InChI is InChI=1S/C9H8FN2O2/c1-5(13)7-3-4-8(11-6(2)14)12-9(7)10/h3-4H,1H2,2H3,(H,11,12,14). The Morgan fingerprint density at radius 3 is 2.57 bits per heavy atom. The van der Waals surface area contributed by atoms with E-state index in [1.807, 2.05) is 0 Å². The first-order chi connectivity index (χ1) is 6.50. The molecule has 0 aliphatic carbocycles. The molecule has 0 aliphatic rings. The molecule has 1 aromatic rings. The van der Waals surface area contributed by atoms with Gasteiger partial charge in [-0.15, -0.1) is 0 Å². The SMILES string of the molecule is [CH2]C(=O)c1ccc(NC(C)=O)nc1F.